The molecule has 3 amide bonds. The van der Waals surface area contributed by atoms with Crippen molar-refractivity contribution in [3.63, 3.8) is 0 Å². The van der Waals surface area contributed by atoms with Gasteiger partial charge in [0.2, 0.25) is 5.91 Å². The van der Waals surface area contributed by atoms with E-state index in [1.807, 2.05) is 24.3 Å². The van der Waals surface area contributed by atoms with Crippen molar-refractivity contribution in [1.29, 1.82) is 0 Å². The van der Waals surface area contributed by atoms with E-state index in [-0.39, 0.29) is 22.5 Å². The van der Waals surface area contributed by atoms with E-state index in [0.29, 0.717) is 13.0 Å². The van der Waals surface area contributed by atoms with E-state index in [0.717, 1.165) is 17.3 Å². The molecular formula is C17H15ClFN3O2. The van der Waals surface area contributed by atoms with Crippen molar-refractivity contribution in [2.45, 2.75) is 12.3 Å². The number of carbonyl (C=O) groups is 2. The molecule has 0 spiro atoms. The summed E-state index contributed by atoms with van der Waals surface area (Å²) in [6.07, 6.45) is 0.465. The van der Waals surface area contributed by atoms with Gasteiger partial charge in [0, 0.05) is 12.2 Å². The zero-order chi connectivity index (χ0) is 17.1. The molecule has 1 aliphatic rings. The highest BCUT2D eigenvalue weighted by Gasteiger charge is 2.29. The zero-order valence-corrected chi connectivity index (χ0v) is 13.4. The number of halogens is 2. The van der Waals surface area contributed by atoms with Crippen LogP contribution in [0.15, 0.2) is 42.5 Å². The lowest BCUT2D eigenvalue weighted by Gasteiger charge is -2.11. The number of rotatable bonds is 4. The van der Waals surface area contributed by atoms with Crippen molar-refractivity contribution < 1.29 is 14.0 Å². The minimum absolute atomic E-state index is 0.0772. The van der Waals surface area contributed by atoms with Gasteiger partial charge < -0.3 is 16.0 Å². The fourth-order valence-electron chi connectivity index (χ4n) is 2.65. The predicted octanol–water partition coefficient (Wildman–Crippen LogP) is 3.73. The quantitative estimate of drug-likeness (QED) is 0.788. The Kier molecular flexibility index (Phi) is 4.66. The number of carbonyl (C=O) groups excluding carboxylic acids is 2. The van der Waals surface area contributed by atoms with Gasteiger partial charge in [-0.15, -0.1) is 0 Å². The van der Waals surface area contributed by atoms with E-state index in [2.05, 4.69) is 16.0 Å². The fraction of sp³-hybridized carbons (Fsp3) is 0.176. The predicted molar refractivity (Wildman–Crippen MR) is 90.9 cm³/mol. The number of benzene rings is 2. The molecule has 0 saturated carbocycles. The lowest BCUT2D eigenvalue weighted by Crippen LogP contribution is -2.31. The van der Waals surface area contributed by atoms with Crippen molar-refractivity contribution in [2.24, 2.45) is 0 Å². The highest BCUT2D eigenvalue weighted by Crippen LogP contribution is 2.33. The topological polar surface area (TPSA) is 70.2 Å². The zero-order valence-electron chi connectivity index (χ0n) is 12.6. The SMILES string of the molecule is O=C(NCC[C@@H]1C(=O)Nc2ccccc21)Nc1cc(F)ccc1Cl. The van der Waals surface area contributed by atoms with Gasteiger partial charge in [-0.1, -0.05) is 29.8 Å². The summed E-state index contributed by atoms with van der Waals surface area (Å²) in [5.41, 5.74) is 1.93. The van der Waals surface area contributed by atoms with Crippen LogP contribution in [0.25, 0.3) is 0 Å². The van der Waals surface area contributed by atoms with Gasteiger partial charge in [-0.3, -0.25) is 4.79 Å². The van der Waals surface area contributed by atoms with Crippen molar-refractivity contribution >= 4 is 34.9 Å². The second-order valence-corrected chi connectivity index (χ2v) is 5.83. The number of nitrogens with one attached hydrogen (secondary N) is 3. The van der Waals surface area contributed by atoms with Crippen molar-refractivity contribution in [2.75, 3.05) is 17.2 Å². The third-order valence-electron chi connectivity index (χ3n) is 3.81. The van der Waals surface area contributed by atoms with Gasteiger partial charge >= 0.3 is 6.03 Å². The molecule has 3 rings (SSSR count). The van der Waals surface area contributed by atoms with Crippen LogP contribution in [0.3, 0.4) is 0 Å². The van der Waals surface area contributed by atoms with Crippen LogP contribution in [0.5, 0.6) is 0 Å². The molecule has 5 nitrogen and oxygen atoms in total. The number of hydrogen-bond donors (Lipinski definition) is 3. The Labute approximate surface area is 143 Å². The van der Waals surface area contributed by atoms with E-state index in [1.165, 1.54) is 12.1 Å². The van der Waals surface area contributed by atoms with Crippen LogP contribution in [0, 0.1) is 5.82 Å². The summed E-state index contributed by atoms with van der Waals surface area (Å²) >= 11 is 5.89. The highest BCUT2D eigenvalue weighted by molar-refractivity contribution is 6.33. The van der Waals surface area contributed by atoms with Crippen LogP contribution in [0.2, 0.25) is 5.02 Å². The number of amides is 3. The standard InChI is InChI=1S/C17H15ClFN3O2/c18-13-6-5-10(19)9-15(13)22-17(24)20-8-7-12-11-3-1-2-4-14(11)21-16(12)23/h1-6,9,12H,7-8H2,(H,21,23)(H2,20,22,24)/t12-/m0/s1. The van der Waals surface area contributed by atoms with E-state index in [1.54, 1.807) is 0 Å². The monoisotopic (exact) mass is 347 g/mol. The molecule has 0 unspecified atom stereocenters. The van der Waals surface area contributed by atoms with Gasteiger partial charge in [-0.05, 0) is 36.2 Å². The maximum atomic E-state index is 13.2. The maximum absolute atomic E-state index is 13.2. The third-order valence-corrected chi connectivity index (χ3v) is 4.14. The Morgan fingerprint density at radius 2 is 2.04 bits per heavy atom. The molecule has 0 aromatic heterocycles. The molecule has 1 aliphatic heterocycles. The van der Waals surface area contributed by atoms with Gasteiger partial charge in [-0.25, -0.2) is 9.18 Å². The summed E-state index contributed by atoms with van der Waals surface area (Å²) in [6.45, 7) is 0.297. The van der Waals surface area contributed by atoms with Crippen LogP contribution in [-0.2, 0) is 4.79 Å². The van der Waals surface area contributed by atoms with Crippen LogP contribution in [0.4, 0.5) is 20.6 Å². The highest BCUT2D eigenvalue weighted by atomic mass is 35.5. The Morgan fingerprint density at radius 1 is 1.25 bits per heavy atom. The molecule has 7 heteroatoms. The average molecular weight is 348 g/mol. The number of anilines is 2. The lowest BCUT2D eigenvalue weighted by atomic mass is 9.97. The van der Waals surface area contributed by atoms with Crippen LogP contribution < -0.4 is 16.0 Å². The molecule has 0 fully saturated rings. The number of para-hydroxylation sites is 1. The van der Waals surface area contributed by atoms with E-state index < -0.39 is 11.8 Å². The average Bonchev–Trinajstić information content (AvgIpc) is 2.87. The molecule has 0 saturated heterocycles. The molecule has 2 aromatic rings. The Balaban J connectivity index is 1.54. The van der Waals surface area contributed by atoms with Gasteiger partial charge in [-0.2, -0.15) is 0 Å². The van der Waals surface area contributed by atoms with Gasteiger partial charge in [0.05, 0.1) is 16.6 Å². The van der Waals surface area contributed by atoms with E-state index in [9.17, 15) is 14.0 Å². The molecule has 1 atom stereocenters. The second-order valence-electron chi connectivity index (χ2n) is 5.42. The van der Waals surface area contributed by atoms with Crippen molar-refractivity contribution in [3.8, 4) is 0 Å². The molecule has 3 N–H and O–H groups in total. The second kappa shape index (κ2) is 6.88. The number of urea groups is 1. The normalized spacial score (nSPS) is 15.6. The molecule has 0 bridgehead atoms. The molecule has 2 aromatic carbocycles. The summed E-state index contributed by atoms with van der Waals surface area (Å²) in [6, 6.07) is 10.7. The smallest absolute Gasteiger partial charge is 0.319 e. The van der Waals surface area contributed by atoms with E-state index >= 15 is 0 Å². The van der Waals surface area contributed by atoms with Gasteiger partial charge in [0.15, 0.2) is 0 Å². The molecule has 0 radical (unpaired) electrons. The molecule has 24 heavy (non-hydrogen) atoms. The molecular weight excluding hydrogens is 333 g/mol. The van der Waals surface area contributed by atoms with Crippen LogP contribution in [0.1, 0.15) is 17.9 Å². The summed E-state index contributed by atoms with van der Waals surface area (Å²) in [4.78, 5) is 23.9. The van der Waals surface area contributed by atoms with Crippen LogP contribution in [-0.4, -0.2) is 18.5 Å². The summed E-state index contributed by atoms with van der Waals surface area (Å²) in [7, 11) is 0. The Morgan fingerprint density at radius 3 is 2.88 bits per heavy atom. The maximum Gasteiger partial charge on any atom is 0.319 e. The third kappa shape index (κ3) is 3.49. The molecule has 0 aliphatic carbocycles. The molecule has 1 heterocycles. The van der Waals surface area contributed by atoms with Crippen LogP contribution >= 0.6 is 11.6 Å². The first-order valence-corrected chi connectivity index (χ1v) is 7.82. The minimum Gasteiger partial charge on any atom is -0.338 e. The Hall–Kier alpha value is -2.60. The van der Waals surface area contributed by atoms with Crippen molar-refractivity contribution in [1.82, 2.24) is 5.32 Å². The lowest BCUT2D eigenvalue weighted by molar-refractivity contribution is -0.117. The molecule has 124 valence electrons. The largest absolute Gasteiger partial charge is 0.338 e. The van der Waals surface area contributed by atoms with Gasteiger partial charge in [0.1, 0.15) is 5.82 Å². The summed E-state index contributed by atoms with van der Waals surface area (Å²) in [5.74, 6) is -0.861. The number of fused-ring (bicyclic) bond motifs is 1. The minimum atomic E-state index is -0.505. The first kappa shape index (κ1) is 16.3. The number of hydrogen-bond acceptors (Lipinski definition) is 2. The first-order chi connectivity index (χ1) is 11.5. The first-order valence-electron chi connectivity index (χ1n) is 7.44. The van der Waals surface area contributed by atoms with E-state index in [4.69, 9.17) is 11.6 Å². The fourth-order valence-corrected chi connectivity index (χ4v) is 2.82. The summed E-state index contributed by atoms with van der Waals surface area (Å²) < 4.78 is 13.2. The van der Waals surface area contributed by atoms with Crippen molar-refractivity contribution in [3.05, 3.63) is 58.9 Å². The Bertz CT molecular complexity index is 797. The summed E-state index contributed by atoms with van der Waals surface area (Å²) in [5, 5.41) is 8.19. The van der Waals surface area contributed by atoms with Gasteiger partial charge in [0.25, 0.3) is 0 Å².